The van der Waals surface area contributed by atoms with Crippen LogP contribution in [0.5, 0.6) is 0 Å². The monoisotopic (exact) mass is 196 g/mol. The summed E-state index contributed by atoms with van der Waals surface area (Å²) in [4.78, 5) is 11.3. The lowest BCUT2D eigenvalue weighted by molar-refractivity contribution is -0.123. The fourth-order valence-corrected chi connectivity index (χ4v) is 2.85. The Labute approximate surface area is 85.7 Å². The molecule has 0 unspecified atom stereocenters. The number of fused-ring (bicyclic) bond motifs is 1. The summed E-state index contributed by atoms with van der Waals surface area (Å²) in [6, 6.07) is 0. The van der Waals surface area contributed by atoms with E-state index in [0.29, 0.717) is 11.7 Å². The molecule has 0 saturated heterocycles. The van der Waals surface area contributed by atoms with E-state index in [-0.39, 0.29) is 5.60 Å². The van der Waals surface area contributed by atoms with Crippen LogP contribution in [-0.4, -0.2) is 16.5 Å². The first-order chi connectivity index (χ1) is 6.71. The van der Waals surface area contributed by atoms with Gasteiger partial charge in [0.1, 0.15) is 5.78 Å². The van der Waals surface area contributed by atoms with E-state index in [2.05, 4.69) is 0 Å². The van der Waals surface area contributed by atoms with Gasteiger partial charge in [-0.3, -0.25) is 4.79 Å². The highest BCUT2D eigenvalue weighted by Crippen LogP contribution is 2.45. The number of Topliss-reactive ketones (excluding diaryl/α,β-unsaturated/α-hetero) is 1. The molecular weight excluding hydrogens is 176 g/mol. The van der Waals surface area contributed by atoms with Crippen molar-refractivity contribution in [1.29, 1.82) is 0 Å². The molecule has 0 amide bonds. The van der Waals surface area contributed by atoms with Crippen LogP contribution in [0.2, 0.25) is 0 Å². The largest absolute Gasteiger partial charge is 0.390 e. The van der Waals surface area contributed by atoms with Crippen molar-refractivity contribution in [1.82, 2.24) is 0 Å². The topological polar surface area (TPSA) is 37.3 Å². The molecule has 2 rings (SSSR count). The van der Waals surface area contributed by atoms with Crippen molar-refractivity contribution in [2.45, 2.75) is 63.4 Å². The molecule has 0 bridgehead atoms. The number of hydrogen-bond acceptors (Lipinski definition) is 2. The third kappa shape index (κ3) is 2.00. The van der Waals surface area contributed by atoms with Gasteiger partial charge in [0.05, 0.1) is 5.60 Å². The first-order valence-electron chi connectivity index (χ1n) is 5.95. The van der Waals surface area contributed by atoms with Crippen LogP contribution < -0.4 is 0 Å². The molecule has 0 heterocycles. The number of rotatable bonds is 0. The Morgan fingerprint density at radius 3 is 2.57 bits per heavy atom. The van der Waals surface area contributed by atoms with Crippen LogP contribution in [0.1, 0.15) is 57.8 Å². The zero-order valence-corrected chi connectivity index (χ0v) is 8.80. The van der Waals surface area contributed by atoms with Gasteiger partial charge in [-0.2, -0.15) is 0 Å². The summed E-state index contributed by atoms with van der Waals surface area (Å²) in [5, 5.41) is 10.2. The second-order valence-corrected chi connectivity index (χ2v) is 4.98. The van der Waals surface area contributed by atoms with E-state index in [1.807, 2.05) is 0 Å². The van der Waals surface area contributed by atoms with E-state index in [1.165, 1.54) is 6.42 Å². The number of carbonyl (C=O) groups is 1. The summed E-state index contributed by atoms with van der Waals surface area (Å²) < 4.78 is 0. The molecule has 0 aromatic heterocycles. The second kappa shape index (κ2) is 4.01. The van der Waals surface area contributed by atoms with Crippen LogP contribution >= 0.6 is 0 Å². The highest BCUT2D eigenvalue weighted by atomic mass is 16.3. The maximum Gasteiger partial charge on any atom is 0.132 e. The van der Waals surface area contributed by atoms with Crippen LogP contribution in [0, 0.1) is 5.92 Å². The summed E-state index contributed by atoms with van der Waals surface area (Å²) in [7, 11) is 0. The Hall–Kier alpha value is -0.370. The Morgan fingerprint density at radius 1 is 1.07 bits per heavy atom. The van der Waals surface area contributed by atoms with Crippen LogP contribution in [0.4, 0.5) is 0 Å². The third-order valence-corrected chi connectivity index (χ3v) is 4.01. The summed E-state index contributed by atoms with van der Waals surface area (Å²) in [6.45, 7) is 0. The van der Waals surface area contributed by atoms with Crippen molar-refractivity contribution < 1.29 is 9.90 Å². The van der Waals surface area contributed by atoms with Crippen molar-refractivity contribution in [2.75, 3.05) is 0 Å². The van der Waals surface area contributed by atoms with E-state index < -0.39 is 0 Å². The Bertz CT molecular complexity index is 224. The summed E-state index contributed by atoms with van der Waals surface area (Å²) >= 11 is 0. The SMILES string of the molecule is O=C1CCCC[C@@]2(O)CC[C@H]2CCC1. The molecule has 2 nitrogen and oxygen atoms in total. The number of hydrogen-bond donors (Lipinski definition) is 1. The molecule has 14 heavy (non-hydrogen) atoms. The Balaban J connectivity index is 1.91. The van der Waals surface area contributed by atoms with E-state index >= 15 is 0 Å². The zero-order chi connectivity index (χ0) is 10.0. The number of aliphatic hydroxyl groups is 1. The van der Waals surface area contributed by atoms with Crippen molar-refractivity contribution in [3.05, 3.63) is 0 Å². The van der Waals surface area contributed by atoms with Crippen LogP contribution in [0.25, 0.3) is 0 Å². The molecule has 1 N–H and O–H groups in total. The molecule has 2 saturated carbocycles. The molecule has 0 aromatic rings. The minimum atomic E-state index is -0.347. The Kier molecular flexibility index (Phi) is 2.91. The first-order valence-corrected chi connectivity index (χ1v) is 5.95. The van der Waals surface area contributed by atoms with Crippen molar-refractivity contribution in [3.8, 4) is 0 Å². The molecule has 0 aliphatic heterocycles. The summed E-state index contributed by atoms with van der Waals surface area (Å²) in [6.07, 6.45) is 8.62. The molecule has 2 aliphatic carbocycles. The highest BCUT2D eigenvalue weighted by molar-refractivity contribution is 5.78. The number of ketones is 1. The molecule has 2 fully saturated rings. The van der Waals surface area contributed by atoms with Crippen LogP contribution in [-0.2, 0) is 4.79 Å². The molecular formula is C12H20O2. The van der Waals surface area contributed by atoms with Gasteiger partial charge in [0.15, 0.2) is 0 Å². The van der Waals surface area contributed by atoms with Crippen molar-refractivity contribution >= 4 is 5.78 Å². The molecule has 2 aliphatic rings. The average molecular weight is 196 g/mol. The van der Waals surface area contributed by atoms with Gasteiger partial charge in [0.2, 0.25) is 0 Å². The normalized spacial score (nSPS) is 39.8. The van der Waals surface area contributed by atoms with Gasteiger partial charge in [-0.15, -0.1) is 0 Å². The maximum absolute atomic E-state index is 11.3. The lowest BCUT2D eigenvalue weighted by Gasteiger charge is -2.46. The molecule has 0 spiro atoms. The molecule has 2 heteroatoms. The van der Waals surface area contributed by atoms with Crippen LogP contribution in [0.15, 0.2) is 0 Å². The molecule has 0 radical (unpaired) electrons. The maximum atomic E-state index is 11.3. The van der Waals surface area contributed by atoms with E-state index in [1.54, 1.807) is 0 Å². The molecule has 80 valence electrons. The van der Waals surface area contributed by atoms with E-state index in [4.69, 9.17) is 0 Å². The fourth-order valence-electron chi connectivity index (χ4n) is 2.85. The summed E-state index contributed by atoms with van der Waals surface area (Å²) in [5.41, 5.74) is -0.347. The zero-order valence-electron chi connectivity index (χ0n) is 8.80. The van der Waals surface area contributed by atoms with E-state index in [9.17, 15) is 9.90 Å². The molecule has 2 atom stereocenters. The van der Waals surface area contributed by atoms with Gasteiger partial charge in [-0.25, -0.2) is 0 Å². The predicted octanol–water partition coefficient (Wildman–Crippen LogP) is 2.44. The quantitative estimate of drug-likeness (QED) is 0.646. The average Bonchev–Trinajstić information content (AvgIpc) is 2.16. The lowest BCUT2D eigenvalue weighted by atomic mass is 9.64. The van der Waals surface area contributed by atoms with E-state index in [0.717, 1.165) is 51.4 Å². The number of carbonyl (C=O) groups excluding carboxylic acids is 1. The summed E-state index contributed by atoms with van der Waals surface area (Å²) in [5.74, 6) is 0.920. The predicted molar refractivity (Wildman–Crippen MR) is 55.0 cm³/mol. The second-order valence-electron chi connectivity index (χ2n) is 4.98. The van der Waals surface area contributed by atoms with Crippen LogP contribution in [0.3, 0.4) is 0 Å². The van der Waals surface area contributed by atoms with Gasteiger partial charge in [-0.05, 0) is 44.4 Å². The minimum Gasteiger partial charge on any atom is -0.390 e. The van der Waals surface area contributed by atoms with Gasteiger partial charge in [0, 0.05) is 12.8 Å². The minimum absolute atomic E-state index is 0.347. The van der Waals surface area contributed by atoms with Gasteiger partial charge in [0.25, 0.3) is 0 Å². The van der Waals surface area contributed by atoms with Gasteiger partial charge in [-0.1, -0.05) is 6.42 Å². The molecule has 0 aromatic carbocycles. The smallest absolute Gasteiger partial charge is 0.132 e. The van der Waals surface area contributed by atoms with Crippen molar-refractivity contribution in [3.63, 3.8) is 0 Å². The fraction of sp³-hybridized carbons (Fsp3) is 0.917. The highest BCUT2D eigenvalue weighted by Gasteiger charge is 2.43. The lowest BCUT2D eigenvalue weighted by Crippen LogP contribution is -2.47. The Morgan fingerprint density at radius 2 is 1.86 bits per heavy atom. The first kappa shape index (κ1) is 10.2. The standard InChI is InChI=1S/C12H20O2/c13-11-5-1-2-8-12(14)9-7-10(12)4-3-6-11/h10,14H,1-9H2/t10-,12-/m1/s1. The third-order valence-electron chi connectivity index (χ3n) is 4.01. The van der Waals surface area contributed by atoms with Crippen molar-refractivity contribution in [2.24, 2.45) is 5.92 Å². The van der Waals surface area contributed by atoms with Gasteiger partial charge < -0.3 is 5.11 Å². The van der Waals surface area contributed by atoms with Gasteiger partial charge >= 0.3 is 0 Å².